The molecule has 1 aromatic carbocycles. The summed E-state index contributed by atoms with van der Waals surface area (Å²) in [5.74, 6) is 0.879. The Morgan fingerprint density at radius 1 is 1.33 bits per heavy atom. The Labute approximate surface area is 125 Å². The van der Waals surface area contributed by atoms with Gasteiger partial charge >= 0.3 is 0 Å². The zero-order valence-corrected chi connectivity index (χ0v) is 13.6. The van der Waals surface area contributed by atoms with Crippen molar-refractivity contribution in [3.8, 4) is 5.75 Å². The Morgan fingerprint density at radius 3 is 2.61 bits per heavy atom. The highest BCUT2D eigenvalue weighted by molar-refractivity contribution is 9.09. The Bertz CT molecular complexity index is 565. The largest absolute Gasteiger partial charge is 0.496 e. The predicted octanol–water partition coefficient (Wildman–Crippen LogP) is 5.51. The van der Waals surface area contributed by atoms with Gasteiger partial charge in [0.05, 0.1) is 17.0 Å². The molecule has 0 bridgehead atoms. The third-order valence-corrected chi connectivity index (χ3v) is 5.85. The van der Waals surface area contributed by atoms with Gasteiger partial charge in [-0.05, 0) is 30.9 Å². The normalized spacial score (nSPS) is 12.5. The topological polar surface area (TPSA) is 9.23 Å². The summed E-state index contributed by atoms with van der Waals surface area (Å²) in [6.45, 7) is 4.10. The average molecular weight is 346 g/mol. The summed E-state index contributed by atoms with van der Waals surface area (Å²) in [7, 11) is 1.69. The minimum Gasteiger partial charge on any atom is -0.496 e. The molecule has 0 aliphatic rings. The fraction of sp³-hybridized carbons (Fsp3) is 0.286. The smallest absolute Gasteiger partial charge is 0.123 e. The lowest BCUT2D eigenvalue weighted by Gasteiger charge is -2.14. The SMILES string of the molecule is COc1ccc(C)cc1C(Br)c1scc(C)c1Cl. The molecule has 0 N–H and O–H groups in total. The van der Waals surface area contributed by atoms with Gasteiger partial charge in [-0.3, -0.25) is 0 Å². The number of methoxy groups -OCH3 is 1. The summed E-state index contributed by atoms with van der Waals surface area (Å²) >= 11 is 11.7. The van der Waals surface area contributed by atoms with Crippen molar-refractivity contribution in [2.24, 2.45) is 0 Å². The van der Waals surface area contributed by atoms with Crippen LogP contribution in [-0.2, 0) is 0 Å². The van der Waals surface area contributed by atoms with E-state index in [1.807, 2.05) is 19.1 Å². The van der Waals surface area contributed by atoms with Crippen LogP contribution in [0.25, 0.3) is 0 Å². The van der Waals surface area contributed by atoms with Crippen LogP contribution in [0.3, 0.4) is 0 Å². The van der Waals surface area contributed by atoms with Crippen LogP contribution < -0.4 is 4.74 Å². The fourth-order valence-electron chi connectivity index (χ4n) is 1.81. The summed E-state index contributed by atoms with van der Waals surface area (Å²) in [5.41, 5.74) is 3.44. The van der Waals surface area contributed by atoms with Crippen molar-refractivity contribution < 1.29 is 4.74 Å². The molecule has 4 heteroatoms. The van der Waals surface area contributed by atoms with Crippen molar-refractivity contribution >= 4 is 38.9 Å². The molecule has 1 unspecified atom stereocenters. The van der Waals surface area contributed by atoms with E-state index in [1.54, 1.807) is 18.4 Å². The zero-order valence-electron chi connectivity index (χ0n) is 10.5. The van der Waals surface area contributed by atoms with Gasteiger partial charge in [-0.2, -0.15) is 0 Å². The lowest BCUT2D eigenvalue weighted by molar-refractivity contribution is 0.410. The van der Waals surface area contributed by atoms with E-state index in [9.17, 15) is 0 Å². The maximum atomic E-state index is 6.33. The van der Waals surface area contributed by atoms with Crippen molar-refractivity contribution in [1.82, 2.24) is 0 Å². The highest BCUT2D eigenvalue weighted by Gasteiger charge is 2.20. The van der Waals surface area contributed by atoms with Crippen LogP contribution in [0.15, 0.2) is 23.6 Å². The van der Waals surface area contributed by atoms with Crippen molar-refractivity contribution in [2.75, 3.05) is 7.11 Å². The lowest BCUT2D eigenvalue weighted by Crippen LogP contribution is -1.96. The van der Waals surface area contributed by atoms with Gasteiger partial charge in [-0.1, -0.05) is 45.2 Å². The third kappa shape index (κ3) is 2.58. The van der Waals surface area contributed by atoms with Gasteiger partial charge in [-0.25, -0.2) is 0 Å². The molecule has 0 radical (unpaired) electrons. The standard InChI is InChI=1S/C14H14BrClOS/c1-8-4-5-11(17-3)10(6-8)12(15)14-13(16)9(2)7-18-14/h4-7,12H,1-3H3. The van der Waals surface area contributed by atoms with Crippen LogP contribution in [0.4, 0.5) is 0 Å². The zero-order chi connectivity index (χ0) is 13.3. The summed E-state index contributed by atoms with van der Waals surface area (Å²) in [4.78, 5) is 1.19. The van der Waals surface area contributed by atoms with Crippen LogP contribution in [0.5, 0.6) is 5.75 Å². The van der Waals surface area contributed by atoms with E-state index in [1.165, 1.54) is 5.56 Å². The molecule has 1 atom stereocenters. The number of hydrogen-bond acceptors (Lipinski definition) is 2. The molecule has 0 spiro atoms. The van der Waals surface area contributed by atoms with E-state index in [0.29, 0.717) is 0 Å². The molecule has 2 aromatic rings. The van der Waals surface area contributed by atoms with Gasteiger partial charge < -0.3 is 4.74 Å². The average Bonchev–Trinajstić information content (AvgIpc) is 2.69. The van der Waals surface area contributed by atoms with Gasteiger partial charge in [0.2, 0.25) is 0 Å². The second-order valence-electron chi connectivity index (χ2n) is 4.20. The first-order valence-corrected chi connectivity index (χ1v) is 7.74. The molecule has 0 aliphatic heterocycles. The molecule has 0 saturated heterocycles. The summed E-state index contributed by atoms with van der Waals surface area (Å²) in [5, 5.41) is 2.92. The van der Waals surface area contributed by atoms with Crippen LogP contribution >= 0.6 is 38.9 Å². The van der Waals surface area contributed by atoms with E-state index in [2.05, 4.69) is 34.3 Å². The van der Waals surface area contributed by atoms with Crippen molar-refractivity contribution in [1.29, 1.82) is 0 Å². The third-order valence-electron chi connectivity index (χ3n) is 2.81. The monoisotopic (exact) mass is 344 g/mol. The Hall–Kier alpha value is -0.510. The first-order chi connectivity index (χ1) is 8.54. The number of hydrogen-bond donors (Lipinski definition) is 0. The molecule has 0 aliphatic carbocycles. The van der Waals surface area contributed by atoms with Crippen LogP contribution in [0, 0.1) is 13.8 Å². The molecule has 0 amide bonds. The molecule has 96 valence electrons. The van der Waals surface area contributed by atoms with E-state index in [4.69, 9.17) is 16.3 Å². The van der Waals surface area contributed by atoms with Crippen LogP contribution in [-0.4, -0.2) is 7.11 Å². The second-order valence-corrected chi connectivity index (χ2v) is 6.41. The quantitative estimate of drug-likeness (QED) is 0.666. The molecule has 2 rings (SSSR count). The van der Waals surface area contributed by atoms with Gasteiger partial charge in [0, 0.05) is 10.4 Å². The molecule has 0 fully saturated rings. The molecular formula is C14H14BrClOS. The number of halogens is 2. The summed E-state index contributed by atoms with van der Waals surface area (Å²) < 4.78 is 5.42. The van der Waals surface area contributed by atoms with E-state index in [0.717, 1.165) is 26.8 Å². The second kappa shape index (κ2) is 5.64. The van der Waals surface area contributed by atoms with Gasteiger partial charge in [0.25, 0.3) is 0 Å². The number of thiophene rings is 1. The van der Waals surface area contributed by atoms with E-state index >= 15 is 0 Å². The molecule has 18 heavy (non-hydrogen) atoms. The first-order valence-electron chi connectivity index (χ1n) is 5.56. The van der Waals surface area contributed by atoms with Crippen LogP contribution in [0.2, 0.25) is 5.02 Å². The van der Waals surface area contributed by atoms with Crippen molar-refractivity contribution in [2.45, 2.75) is 18.7 Å². The molecule has 1 heterocycles. The number of aryl methyl sites for hydroxylation is 2. The summed E-state index contributed by atoms with van der Waals surface area (Å²) in [6, 6.07) is 6.17. The van der Waals surface area contributed by atoms with Crippen LogP contribution in [0.1, 0.15) is 26.4 Å². The molecule has 0 saturated carbocycles. The minimum atomic E-state index is 0.0681. The number of rotatable bonds is 3. The molecular weight excluding hydrogens is 332 g/mol. The Balaban J connectivity index is 2.48. The fourth-order valence-corrected chi connectivity index (χ4v) is 4.15. The minimum absolute atomic E-state index is 0.0681. The molecule has 1 aromatic heterocycles. The van der Waals surface area contributed by atoms with E-state index in [-0.39, 0.29) is 4.83 Å². The van der Waals surface area contributed by atoms with Crippen molar-refractivity contribution in [3.05, 3.63) is 50.2 Å². The van der Waals surface area contributed by atoms with E-state index < -0.39 is 0 Å². The summed E-state index contributed by atoms with van der Waals surface area (Å²) in [6.07, 6.45) is 0. The number of benzene rings is 1. The number of ether oxygens (including phenoxy) is 1. The number of alkyl halides is 1. The maximum absolute atomic E-state index is 6.33. The van der Waals surface area contributed by atoms with Gasteiger partial charge in [0.15, 0.2) is 0 Å². The first kappa shape index (κ1) is 13.9. The maximum Gasteiger partial charge on any atom is 0.123 e. The highest BCUT2D eigenvalue weighted by Crippen LogP contribution is 2.43. The van der Waals surface area contributed by atoms with Gasteiger partial charge in [0.1, 0.15) is 5.75 Å². The van der Waals surface area contributed by atoms with Crippen molar-refractivity contribution in [3.63, 3.8) is 0 Å². The lowest BCUT2D eigenvalue weighted by atomic mass is 10.1. The molecule has 1 nitrogen and oxygen atoms in total. The highest BCUT2D eigenvalue weighted by atomic mass is 79.9. The Morgan fingerprint density at radius 2 is 2.06 bits per heavy atom. The van der Waals surface area contributed by atoms with Gasteiger partial charge in [-0.15, -0.1) is 11.3 Å². The Kier molecular flexibility index (Phi) is 4.36. The predicted molar refractivity (Wildman–Crippen MR) is 82.6 cm³/mol.